The smallest absolute Gasteiger partial charge is 0.269 e. The zero-order valence-electron chi connectivity index (χ0n) is 13.9. The monoisotopic (exact) mass is 373 g/mol. The van der Waals surface area contributed by atoms with E-state index in [0.29, 0.717) is 12.3 Å². The van der Waals surface area contributed by atoms with E-state index in [9.17, 15) is 14.5 Å². The Morgan fingerprint density at radius 1 is 1.15 bits per heavy atom. The number of rotatable bonds is 7. The number of halogens is 1. The molecule has 0 spiro atoms. The molecule has 7 nitrogen and oxygen atoms in total. The molecule has 0 saturated heterocycles. The molecule has 134 valence electrons. The van der Waals surface area contributed by atoms with Crippen LogP contribution in [0.15, 0.2) is 53.7 Å². The maximum Gasteiger partial charge on any atom is 0.269 e. The largest absolute Gasteiger partial charge is 0.378 e. The Morgan fingerprint density at radius 2 is 1.85 bits per heavy atom. The molecule has 0 amide bonds. The van der Waals surface area contributed by atoms with Gasteiger partial charge in [0, 0.05) is 30.6 Å². The van der Waals surface area contributed by atoms with Gasteiger partial charge in [0.2, 0.25) is 0 Å². The first-order valence-electron chi connectivity index (χ1n) is 7.77. The van der Waals surface area contributed by atoms with Crippen LogP contribution in [-0.2, 0) is 19.3 Å². The van der Waals surface area contributed by atoms with Gasteiger partial charge in [-0.3, -0.25) is 10.1 Å². The fourth-order valence-electron chi connectivity index (χ4n) is 2.24. The van der Waals surface area contributed by atoms with Gasteiger partial charge in [-0.15, -0.1) is 10.2 Å². The van der Waals surface area contributed by atoms with E-state index in [1.54, 1.807) is 24.3 Å². The quantitative estimate of drug-likeness (QED) is 0.385. The van der Waals surface area contributed by atoms with Crippen molar-refractivity contribution >= 4 is 23.1 Å². The summed E-state index contributed by atoms with van der Waals surface area (Å²) >= 11 is 1.50. The third kappa shape index (κ3) is 4.37. The molecular formula is C17H16FN5O2S. The van der Waals surface area contributed by atoms with Crippen LogP contribution in [-0.4, -0.2) is 19.7 Å². The fraction of sp³-hybridized carbons (Fsp3) is 0.176. The van der Waals surface area contributed by atoms with Gasteiger partial charge in [0.1, 0.15) is 5.82 Å². The van der Waals surface area contributed by atoms with Gasteiger partial charge in [-0.1, -0.05) is 23.9 Å². The number of benzene rings is 2. The molecule has 0 aliphatic carbocycles. The van der Waals surface area contributed by atoms with Crippen molar-refractivity contribution in [3.05, 3.63) is 75.9 Å². The summed E-state index contributed by atoms with van der Waals surface area (Å²) in [5.41, 5.74) is 1.84. The third-order valence-corrected chi connectivity index (χ3v) is 4.83. The highest BCUT2D eigenvalue weighted by molar-refractivity contribution is 7.98. The van der Waals surface area contributed by atoms with Crippen molar-refractivity contribution in [1.29, 1.82) is 0 Å². The number of aromatic nitrogens is 3. The molecule has 2 aromatic carbocycles. The van der Waals surface area contributed by atoms with E-state index < -0.39 is 4.92 Å². The summed E-state index contributed by atoms with van der Waals surface area (Å²) in [5.74, 6) is 1.11. The molecule has 0 atom stereocenters. The van der Waals surface area contributed by atoms with Gasteiger partial charge in [0.05, 0.1) is 11.5 Å². The Labute approximate surface area is 153 Å². The van der Waals surface area contributed by atoms with E-state index in [4.69, 9.17) is 0 Å². The number of hydrogen-bond acceptors (Lipinski definition) is 6. The summed E-state index contributed by atoms with van der Waals surface area (Å²) in [5, 5.41) is 22.9. The first-order valence-corrected chi connectivity index (χ1v) is 8.75. The molecule has 0 aliphatic heterocycles. The molecule has 3 aromatic rings. The summed E-state index contributed by atoms with van der Waals surface area (Å²) in [6, 6.07) is 12.6. The lowest BCUT2D eigenvalue weighted by Gasteiger charge is -2.07. The number of nitrogens with one attached hydrogen (secondary N) is 1. The van der Waals surface area contributed by atoms with E-state index in [2.05, 4.69) is 15.5 Å². The lowest BCUT2D eigenvalue weighted by atomic mass is 10.2. The van der Waals surface area contributed by atoms with Crippen LogP contribution in [0, 0.1) is 15.9 Å². The Morgan fingerprint density at radius 3 is 2.50 bits per heavy atom. The second kappa shape index (κ2) is 7.96. The molecular weight excluding hydrogens is 357 g/mol. The maximum absolute atomic E-state index is 12.9. The Hall–Kier alpha value is -2.94. The molecule has 9 heteroatoms. The van der Waals surface area contributed by atoms with E-state index in [0.717, 1.165) is 22.2 Å². The summed E-state index contributed by atoms with van der Waals surface area (Å²) in [7, 11) is 1.87. The van der Waals surface area contributed by atoms with Crippen LogP contribution in [0.4, 0.5) is 15.8 Å². The summed E-state index contributed by atoms with van der Waals surface area (Å²) in [6.45, 7) is 0.466. The Balaban J connectivity index is 1.58. The average Bonchev–Trinajstić information content (AvgIpc) is 3.00. The SMILES string of the molecule is Cn1c(CNc2ccc(F)cc2)nnc1SCc1ccc([N+](=O)[O-])cc1. The van der Waals surface area contributed by atoms with Gasteiger partial charge in [0.15, 0.2) is 11.0 Å². The van der Waals surface area contributed by atoms with Crippen molar-refractivity contribution in [2.45, 2.75) is 17.5 Å². The van der Waals surface area contributed by atoms with Crippen molar-refractivity contribution in [2.75, 3.05) is 5.32 Å². The second-order valence-electron chi connectivity index (χ2n) is 5.53. The minimum atomic E-state index is -0.417. The van der Waals surface area contributed by atoms with E-state index in [1.165, 1.54) is 36.0 Å². The molecule has 0 fully saturated rings. The molecule has 0 saturated carbocycles. The van der Waals surface area contributed by atoms with Gasteiger partial charge >= 0.3 is 0 Å². The molecule has 0 unspecified atom stereocenters. The fourth-order valence-corrected chi connectivity index (χ4v) is 3.12. The highest BCUT2D eigenvalue weighted by Crippen LogP contribution is 2.23. The van der Waals surface area contributed by atoms with Crippen LogP contribution in [0.3, 0.4) is 0 Å². The van der Waals surface area contributed by atoms with Gasteiger partial charge in [-0.25, -0.2) is 4.39 Å². The second-order valence-corrected chi connectivity index (χ2v) is 6.47. The number of nitro benzene ring substituents is 1. The summed E-state index contributed by atoms with van der Waals surface area (Å²) in [6.07, 6.45) is 0. The van der Waals surface area contributed by atoms with Crippen molar-refractivity contribution < 1.29 is 9.31 Å². The van der Waals surface area contributed by atoms with Crippen LogP contribution in [0.2, 0.25) is 0 Å². The molecule has 0 radical (unpaired) electrons. The predicted molar refractivity (Wildman–Crippen MR) is 97.4 cm³/mol. The predicted octanol–water partition coefficient (Wildman–Crippen LogP) is 3.77. The highest BCUT2D eigenvalue weighted by atomic mass is 32.2. The molecule has 3 rings (SSSR count). The average molecular weight is 373 g/mol. The number of thioether (sulfide) groups is 1. The van der Waals surface area contributed by atoms with Crippen molar-refractivity contribution in [3.63, 3.8) is 0 Å². The summed E-state index contributed by atoms with van der Waals surface area (Å²) in [4.78, 5) is 10.3. The van der Waals surface area contributed by atoms with Gasteiger partial charge in [-0.05, 0) is 29.8 Å². The Kier molecular flexibility index (Phi) is 5.47. The van der Waals surface area contributed by atoms with Crippen LogP contribution < -0.4 is 5.32 Å². The molecule has 1 aromatic heterocycles. The standard InChI is InChI=1S/C17H16FN5O2S/c1-22-16(10-19-14-6-4-13(18)5-7-14)20-21-17(22)26-11-12-2-8-15(9-3-12)23(24)25/h2-9,19H,10-11H2,1H3. The first kappa shape index (κ1) is 17.9. The molecule has 1 N–H and O–H groups in total. The van der Waals surface area contributed by atoms with Crippen molar-refractivity contribution in [2.24, 2.45) is 7.05 Å². The zero-order valence-corrected chi connectivity index (χ0v) is 14.7. The van der Waals surface area contributed by atoms with Gasteiger partial charge in [0.25, 0.3) is 5.69 Å². The molecule has 0 bridgehead atoms. The van der Waals surface area contributed by atoms with Crippen LogP contribution in [0.25, 0.3) is 0 Å². The molecule has 26 heavy (non-hydrogen) atoms. The maximum atomic E-state index is 12.9. The molecule has 1 heterocycles. The van der Waals surface area contributed by atoms with Crippen molar-refractivity contribution in [3.8, 4) is 0 Å². The van der Waals surface area contributed by atoms with Crippen LogP contribution in [0.5, 0.6) is 0 Å². The lowest BCUT2D eigenvalue weighted by molar-refractivity contribution is -0.384. The highest BCUT2D eigenvalue weighted by Gasteiger charge is 2.10. The third-order valence-electron chi connectivity index (χ3n) is 3.74. The number of nitrogens with zero attached hydrogens (tertiary/aromatic N) is 4. The van der Waals surface area contributed by atoms with E-state index in [-0.39, 0.29) is 11.5 Å². The van der Waals surface area contributed by atoms with Gasteiger partial charge in [-0.2, -0.15) is 0 Å². The Bertz CT molecular complexity index is 897. The minimum Gasteiger partial charge on any atom is -0.378 e. The normalized spacial score (nSPS) is 10.7. The number of hydrogen-bond donors (Lipinski definition) is 1. The van der Waals surface area contributed by atoms with Gasteiger partial charge < -0.3 is 9.88 Å². The number of anilines is 1. The lowest BCUT2D eigenvalue weighted by Crippen LogP contribution is -2.06. The number of non-ortho nitro benzene ring substituents is 1. The van der Waals surface area contributed by atoms with Crippen LogP contribution >= 0.6 is 11.8 Å². The van der Waals surface area contributed by atoms with E-state index >= 15 is 0 Å². The van der Waals surface area contributed by atoms with Crippen molar-refractivity contribution in [1.82, 2.24) is 14.8 Å². The zero-order chi connectivity index (χ0) is 18.5. The first-order chi connectivity index (χ1) is 12.5. The van der Waals surface area contributed by atoms with E-state index in [1.807, 2.05) is 11.6 Å². The topological polar surface area (TPSA) is 85.9 Å². The summed E-state index contributed by atoms with van der Waals surface area (Å²) < 4.78 is 14.8. The number of nitro groups is 1. The minimum absolute atomic E-state index is 0.0755. The molecule has 0 aliphatic rings. The van der Waals surface area contributed by atoms with Crippen LogP contribution in [0.1, 0.15) is 11.4 Å².